The van der Waals surface area contributed by atoms with E-state index in [0.717, 1.165) is 49.1 Å². The largest absolute Gasteiger partial charge is 0.445 e. The monoisotopic (exact) mass is 1160 g/mol. The number of fused-ring (bicyclic) bond motifs is 1. The number of H-pyrrole nitrogens is 1. The van der Waals surface area contributed by atoms with E-state index in [1.54, 1.807) is 38.1 Å². The molecular weight excluding hydrogens is 1090 g/mol. The van der Waals surface area contributed by atoms with Gasteiger partial charge >= 0.3 is 6.09 Å². The van der Waals surface area contributed by atoms with E-state index in [1.807, 2.05) is 19.1 Å². The van der Waals surface area contributed by atoms with Crippen molar-refractivity contribution in [3.05, 3.63) is 72.7 Å². The zero-order chi connectivity index (χ0) is 55.0. The second kappa shape index (κ2) is 25.4. The lowest BCUT2D eigenvalue weighted by Gasteiger charge is -2.42. The van der Waals surface area contributed by atoms with E-state index >= 15 is 0 Å². The van der Waals surface area contributed by atoms with E-state index in [0.29, 0.717) is 52.4 Å². The first-order valence-corrected chi connectivity index (χ1v) is 27.4. The Morgan fingerprint density at radius 1 is 1.04 bits per heavy atom. The number of aromatic amines is 1. The number of allylic oxidation sites excluding steroid dienone is 1. The Balaban J connectivity index is 0.839. The number of imide groups is 1. The number of aliphatic hydroxyl groups excluding tert-OH is 2. The van der Waals surface area contributed by atoms with Crippen LogP contribution in [0.15, 0.2) is 61.5 Å². The zero-order valence-electron chi connectivity index (χ0n) is 43.9. The van der Waals surface area contributed by atoms with Gasteiger partial charge in [0, 0.05) is 46.7 Å². The number of aromatic nitrogens is 3. The van der Waals surface area contributed by atoms with Crippen LogP contribution >= 0.6 is 22.6 Å². The molecule has 3 aliphatic heterocycles. The average molecular weight is 1170 g/mol. The van der Waals surface area contributed by atoms with Crippen LogP contribution in [0, 0.1) is 11.8 Å². The number of unbranched alkanes of at least 4 members (excludes halogenated alkanes) is 2. The van der Waals surface area contributed by atoms with Crippen molar-refractivity contribution >= 4 is 86.7 Å². The van der Waals surface area contributed by atoms with E-state index in [2.05, 4.69) is 84.2 Å². The number of carbonyl (C=O) groups excluding carboxylic acids is 7. The molecule has 7 rings (SSSR count). The molecule has 1 aliphatic carbocycles. The van der Waals surface area contributed by atoms with Gasteiger partial charge in [0.1, 0.15) is 48.8 Å². The number of amides is 7. The summed E-state index contributed by atoms with van der Waals surface area (Å²) in [4.78, 5) is 107. The van der Waals surface area contributed by atoms with Gasteiger partial charge in [-0.1, -0.05) is 80.0 Å². The van der Waals surface area contributed by atoms with Crippen LogP contribution in [0.25, 0.3) is 11.0 Å². The average Bonchev–Trinajstić information content (AvgIpc) is 4.13. The molecule has 2 aromatic heterocycles. The number of rotatable bonds is 23. The standard InChI is InChI=1S/C54H73IN10O11/c1-8-10-11-22-54(7,55)36-25-41(67)65(52(36)73)24-21-40(66)61-42(29(3)4)50(72)58-30(5)48(70)59-34-19-17-32(18-20-34)27-75-53(74)64-23-13-16-39(64)49(71)62-43-31(6)76-51(46(69)45(43)68)63-47-44-38(56-28-57-47)26-37(60-44)35(9-2)33-14-12-15-33/h9,17-20,26,28,30-31,33,35-36,39,42-43,45-46,51,60,68-69H,2-3,8,10-16,21-25,27H2,1,4-7H3,(H,58,72)(H,59,70)(H,61,66)(H,62,71)(H,56,57,63)/t30-,31-,35?,36?,39+,42-,43-,45+,46-,51-,54?/m0/s1. The molecule has 3 unspecified atom stereocenters. The number of nitrogens with zero attached hydrogens (tertiary/aromatic N) is 4. The Kier molecular flexibility index (Phi) is 19.3. The fraction of sp³-hybridized carbons (Fsp3) is 0.574. The number of anilines is 2. The lowest BCUT2D eigenvalue weighted by atomic mass is 9.74. The Morgan fingerprint density at radius 2 is 1.78 bits per heavy atom. The van der Waals surface area contributed by atoms with Crippen molar-refractivity contribution in [3.63, 3.8) is 0 Å². The molecule has 5 heterocycles. The third kappa shape index (κ3) is 13.6. The van der Waals surface area contributed by atoms with Crippen LogP contribution in [0.5, 0.6) is 0 Å². The fourth-order valence-corrected chi connectivity index (χ4v) is 11.2. The summed E-state index contributed by atoms with van der Waals surface area (Å²) in [6.07, 6.45) is 5.89. The molecule has 21 nitrogen and oxygen atoms in total. The maximum atomic E-state index is 13.7. The first-order valence-electron chi connectivity index (χ1n) is 26.4. The third-order valence-corrected chi connectivity index (χ3v) is 16.5. The van der Waals surface area contributed by atoms with Crippen molar-refractivity contribution in [3.8, 4) is 0 Å². The number of hydrogen-bond donors (Lipinski definition) is 8. The van der Waals surface area contributed by atoms with E-state index in [4.69, 9.17) is 9.47 Å². The van der Waals surface area contributed by atoms with Gasteiger partial charge in [-0.2, -0.15) is 0 Å². The summed E-state index contributed by atoms with van der Waals surface area (Å²) in [6, 6.07) is 4.29. The van der Waals surface area contributed by atoms with Crippen molar-refractivity contribution in [2.24, 2.45) is 11.8 Å². The van der Waals surface area contributed by atoms with Crippen molar-refractivity contribution in [1.82, 2.24) is 40.7 Å². The van der Waals surface area contributed by atoms with Gasteiger partial charge in [0.05, 0.1) is 23.6 Å². The first-order chi connectivity index (χ1) is 36.2. The van der Waals surface area contributed by atoms with Crippen LogP contribution in [-0.2, 0) is 44.8 Å². The van der Waals surface area contributed by atoms with E-state index in [9.17, 15) is 43.8 Å². The third-order valence-electron chi connectivity index (χ3n) is 15.2. The van der Waals surface area contributed by atoms with E-state index in [1.165, 1.54) is 24.6 Å². The predicted molar refractivity (Wildman–Crippen MR) is 291 cm³/mol. The molecular formula is C54H73IN10O11. The van der Waals surface area contributed by atoms with Crippen molar-refractivity contribution in [2.45, 2.75) is 170 Å². The molecule has 3 saturated heterocycles. The number of carbonyl (C=O) groups is 7. The van der Waals surface area contributed by atoms with Gasteiger partial charge in [-0.05, 0) is 95.1 Å². The summed E-state index contributed by atoms with van der Waals surface area (Å²) in [5, 5.41) is 36.4. The summed E-state index contributed by atoms with van der Waals surface area (Å²) in [7, 11) is 0. The summed E-state index contributed by atoms with van der Waals surface area (Å²) < 4.78 is 11.3. The molecule has 22 heteroatoms. The summed E-state index contributed by atoms with van der Waals surface area (Å²) in [5.41, 5.74) is 3.55. The number of alkyl halides is 1. The molecule has 76 heavy (non-hydrogen) atoms. The fourth-order valence-electron chi connectivity index (χ4n) is 10.3. The van der Waals surface area contributed by atoms with Gasteiger partial charge in [0.25, 0.3) is 0 Å². The SMILES string of the molecule is C=CC(c1cc2ncnc(N[C@H]3O[C@@H](C)[C@H](NC(=O)[C@H]4CCCN4C(=O)OCc4ccc(NC(=O)[C@H](C)NC(=O)[C@@H](NC(=O)CCN5C(=O)CC(C(C)(I)CCCCC)C5=O)C(=C)C)cc4)[C@@H](O)[C@@H]3O)c2[nH]1)C1CCC1. The molecule has 3 aromatic rings. The molecule has 7 amide bonds. The topological polar surface area (TPSA) is 287 Å². The molecule has 0 radical (unpaired) electrons. The molecule has 1 saturated carbocycles. The summed E-state index contributed by atoms with van der Waals surface area (Å²) in [6.45, 7) is 16.6. The van der Waals surface area contributed by atoms with Crippen LogP contribution in [0.3, 0.4) is 0 Å². The number of nitrogens with one attached hydrogen (secondary N) is 6. The lowest BCUT2D eigenvalue weighted by molar-refractivity contribution is -0.173. The number of ether oxygens (including phenoxy) is 2. The van der Waals surface area contributed by atoms with Gasteiger partial charge in [-0.3, -0.25) is 38.6 Å². The quantitative estimate of drug-likeness (QED) is 0.0198. The van der Waals surface area contributed by atoms with Crippen LogP contribution in [0.4, 0.5) is 16.3 Å². The van der Waals surface area contributed by atoms with Crippen molar-refractivity contribution in [2.75, 3.05) is 23.7 Å². The maximum Gasteiger partial charge on any atom is 0.410 e. The summed E-state index contributed by atoms with van der Waals surface area (Å²) in [5.74, 6) is -2.40. The normalized spacial score (nSPS) is 24.7. The zero-order valence-corrected chi connectivity index (χ0v) is 46.1. The van der Waals surface area contributed by atoms with Gasteiger partial charge in [-0.15, -0.1) is 6.58 Å². The Morgan fingerprint density at radius 3 is 2.45 bits per heavy atom. The van der Waals surface area contributed by atoms with E-state index in [-0.39, 0.29) is 50.3 Å². The molecule has 0 bridgehead atoms. The first kappa shape index (κ1) is 57.7. The maximum absolute atomic E-state index is 13.7. The molecule has 11 atom stereocenters. The highest BCUT2D eigenvalue weighted by atomic mass is 127. The molecule has 1 aromatic carbocycles. The van der Waals surface area contributed by atoms with Crippen LogP contribution < -0.4 is 26.6 Å². The van der Waals surface area contributed by atoms with Gasteiger partial charge < -0.3 is 51.3 Å². The molecule has 4 fully saturated rings. The highest BCUT2D eigenvalue weighted by Crippen LogP contribution is 2.42. The summed E-state index contributed by atoms with van der Waals surface area (Å²) >= 11 is 2.27. The second-order valence-electron chi connectivity index (χ2n) is 20.9. The molecule has 4 aliphatic rings. The highest BCUT2D eigenvalue weighted by molar-refractivity contribution is 14.1. The van der Waals surface area contributed by atoms with Gasteiger partial charge in [-0.25, -0.2) is 14.8 Å². The molecule has 8 N–H and O–H groups in total. The molecule has 0 spiro atoms. The van der Waals surface area contributed by atoms with Crippen molar-refractivity contribution < 1.29 is 53.2 Å². The smallest absolute Gasteiger partial charge is 0.410 e. The minimum absolute atomic E-state index is 0.0928. The Hall–Kier alpha value is -5.98. The van der Waals surface area contributed by atoms with Crippen molar-refractivity contribution in [1.29, 1.82) is 0 Å². The minimum atomic E-state index is -1.47. The number of benzene rings is 1. The Labute approximate surface area is 456 Å². The van der Waals surface area contributed by atoms with Gasteiger partial charge in [0.2, 0.25) is 35.4 Å². The number of likely N-dealkylation sites (tertiary alicyclic amines) is 2. The highest BCUT2D eigenvalue weighted by Gasteiger charge is 2.48. The molecule has 412 valence electrons. The Bertz CT molecular complexity index is 2640. The predicted octanol–water partition coefficient (Wildman–Crippen LogP) is 5.24. The van der Waals surface area contributed by atoms with Crippen LogP contribution in [-0.4, -0.2) is 142 Å². The van der Waals surface area contributed by atoms with Crippen LogP contribution in [0.2, 0.25) is 0 Å². The van der Waals surface area contributed by atoms with Crippen LogP contribution in [0.1, 0.15) is 122 Å². The number of halogens is 1. The van der Waals surface area contributed by atoms with E-state index < -0.39 is 87.8 Å². The number of hydrogen-bond acceptors (Lipinski definition) is 14. The minimum Gasteiger partial charge on any atom is -0.445 e. The lowest BCUT2D eigenvalue weighted by Crippen LogP contribution is -2.65. The van der Waals surface area contributed by atoms with Gasteiger partial charge in [0.15, 0.2) is 12.0 Å². The number of aliphatic hydroxyl groups is 2. The second-order valence-corrected chi connectivity index (χ2v) is 23.3.